The van der Waals surface area contributed by atoms with Crippen molar-refractivity contribution in [2.24, 2.45) is 14.1 Å². The number of nitrogens with zero attached hydrogens (tertiary/aromatic N) is 5. The Kier molecular flexibility index (Phi) is 9.05. The quantitative estimate of drug-likeness (QED) is 0.166. The zero-order valence-corrected chi connectivity index (χ0v) is 27.0. The fraction of sp³-hybridized carbons (Fsp3) is 0.182. The summed E-state index contributed by atoms with van der Waals surface area (Å²) in [7, 11) is 4.32. The lowest BCUT2D eigenvalue weighted by atomic mass is 10.1. The number of anilines is 1. The fourth-order valence-electron chi connectivity index (χ4n) is 4.89. The van der Waals surface area contributed by atoms with Crippen LogP contribution in [0.5, 0.6) is 17.5 Å². The van der Waals surface area contributed by atoms with Gasteiger partial charge in [-0.05, 0) is 66.9 Å². The number of nitrogens with one attached hydrogen (secondary N) is 1. The molecule has 0 unspecified atom stereocenters. The molecule has 5 aromatic rings. The highest BCUT2D eigenvalue weighted by molar-refractivity contribution is 6.35. The molecule has 0 aliphatic carbocycles. The number of rotatable bonds is 8. The maximum Gasteiger partial charge on any atom is 0.332 e. The predicted molar refractivity (Wildman–Crippen MR) is 177 cm³/mol. The number of carbonyl (C=O) groups is 1. The van der Waals surface area contributed by atoms with Crippen molar-refractivity contribution in [3.05, 3.63) is 113 Å². The number of methoxy groups -OCH3 is 1. The first-order valence-corrected chi connectivity index (χ1v) is 14.6. The van der Waals surface area contributed by atoms with E-state index >= 15 is 0 Å². The third kappa shape index (κ3) is 6.26. The zero-order chi connectivity index (χ0) is 33.3. The standard InChI is InChI=1S/C33H28Cl2N6O5/c1-18-6-10-25(19(2)12-18)37-30(42)22(16-36)13-20-7-11-26(27(14-20)45-5)46-32-38-29-28(31(43)40(4)33(44)39(29)3)41(32)17-21-8-9-23(34)15-24(21)35/h6-15H,17H2,1-5H3,(H,37,42)/b22-13-. The van der Waals surface area contributed by atoms with Crippen molar-refractivity contribution < 1.29 is 14.3 Å². The molecule has 5 rings (SSSR count). The third-order valence-corrected chi connectivity index (χ3v) is 7.94. The molecule has 46 heavy (non-hydrogen) atoms. The van der Waals surface area contributed by atoms with Crippen molar-refractivity contribution in [2.45, 2.75) is 20.4 Å². The lowest BCUT2D eigenvalue weighted by Gasteiger charge is -2.14. The third-order valence-electron chi connectivity index (χ3n) is 7.35. The van der Waals surface area contributed by atoms with Crippen LogP contribution in [0.25, 0.3) is 17.2 Å². The highest BCUT2D eigenvalue weighted by Crippen LogP contribution is 2.34. The Morgan fingerprint density at radius 2 is 1.78 bits per heavy atom. The molecule has 1 amide bonds. The Hall–Kier alpha value is -5.31. The first-order chi connectivity index (χ1) is 21.9. The van der Waals surface area contributed by atoms with Crippen LogP contribution in [-0.4, -0.2) is 31.7 Å². The molecule has 0 saturated heterocycles. The highest BCUT2D eigenvalue weighted by atomic mass is 35.5. The molecule has 0 radical (unpaired) electrons. The van der Waals surface area contributed by atoms with E-state index in [0.29, 0.717) is 26.9 Å². The van der Waals surface area contributed by atoms with Crippen molar-refractivity contribution >= 4 is 52.0 Å². The van der Waals surface area contributed by atoms with E-state index in [0.717, 1.165) is 15.7 Å². The minimum absolute atomic E-state index is 0.00790. The van der Waals surface area contributed by atoms with Crippen LogP contribution in [0.4, 0.5) is 5.69 Å². The summed E-state index contributed by atoms with van der Waals surface area (Å²) >= 11 is 12.6. The smallest absolute Gasteiger partial charge is 0.332 e. The molecule has 2 aromatic heterocycles. The number of nitriles is 1. The molecular formula is C33H28Cl2N6O5. The second-order valence-corrected chi connectivity index (χ2v) is 11.4. The molecule has 0 saturated carbocycles. The summed E-state index contributed by atoms with van der Waals surface area (Å²) in [5.74, 6) is -0.0836. The number of imidazole rings is 1. The Bertz CT molecular complexity index is 2230. The number of amides is 1. The molecule has 0 spiro atoms. The molecule has 13 heteroatoms. The summed E-state index contributed by atoms with van der Waals surface area (Å²) in [6.07, 6.45) is 1.43. The maximum atomic E-state index is 13.3. The molecule has 0 fully saturated rings. The molecule has 234 valence electrons. The average Bonchev–Trinajstić information content (AvgIpc) is 3.38. The molecule has 0 atom stereocenters. The van der Waals surface area contributed by atoms with Crippen molar-refractivity contribution in [1.82, 2.24) is 18.7 Å². The number of hydrogen-bond donors (Lipinski definition) is 1. The van der Waals surface area contributed by atoms with Crippen LogP contribution in [0.15, 0.2) is 69.8 Å². The van der Waals surface area contributed by atoms with Crippen molar-refractivity contribution in [2.75, 3.05) is 12.4 Å². The van der Waals surface area contributed by atoms with Crippen LogP contribution in [0.2, 0.25) is 10.0 Å². The second-order valence-electron chi connectivity index (χ2n) is 10.5. The molecule has 0 aliphatic heterocycles. The van der Waals surface area contributed by atoms with Gasteiger partial charge in [0.05, 0.1) is 13.7 Å². The Balaban J connectivity index is 1.53. The van der Waals surface area contributed by atoms with Gasteiger partial charge in [0.15, 0.2) is 22.7 Å². The number of aromatic nitrogens is 4. The van der Waals surface area contributed by atoms with Crippen molar-refractivity contribution in [1.29, 1.82) is 5.26 Å². The highest BCUT2D eigenvalue weighted by Gasteiger charge is 2.23. The summed E-state index contributed by atoms with van der Waals surface area (Å²) in [6.45, 7) is 3.89. The SMILES string of the molecule is COc1cc(/C=C(/C#N)C(=O)Nc2ccc(C)cc2C)ccc1Oc1nc2c(c(=O)n(C)c(=O)n2C)n1Cc1ccc(Cl)cc1Cl. The fourth-order valence-corrected chi connectivity index (χ4v) is 5.36. The van der Waals surface area contributed by atoms with E-state index in [9.17, 15) is 19.6 Å². The van der Waals surface area contributed by atoms with E-state index in [4.69, 9.17) is 32.7 Å². The molecule has 2 heterocycles. The first-order valence-electron chi connectivity index (χ1n) is 13.9. The number of halogens is 2. The van der Waals surface area contributed by atoms with Gasteiger partial charge in [0.2, 0.25) is 0 Å². The summed E-state index contributed by atoms with van der Waals surface area (Å²) < 4.78 is 15.5. The predicted octanol–water partition coefficient (Wildman–Crippen LogP) is 5.75. The normalized spacial score (nSPS) is 11.4. The number of aryl methyl sites for hydroxylation is 3. The average molecular weight is 660 g/mol. The van der Waals surface area contributed by atoms with Crippen molar-refractivity contribution in [3.63, 3.8) is 0 Å². The van der Waals surface area contributed by atoms with Crippen LogP contribution in [0, 0.1) is 25.2 Å². The Labute approximate surface area is 273 Å². The van der Waals surface area contributed by atoms with Crippen LogP contribution in [0.3, 0.4) is 0 Å². The van der Waals surface area contributed by atoms with Gasteiger partial charge in [0.1, 0.15) is 11.6 Å². The molecule has 3 aromatic carbocycles. The minimum atomic E-state index is -0.568. The minimum Gasteiger partial charge on any atom is -0.493 e. The van der Waals surface area contributed by atoms with Crippen LogP contribution >= 0.6 is 23.2 Å². The number of carbonyl (C=O) groups excluding carboxylic acids is 1. The van der Waals surface area contributed by atoms with Crippen LogP contribution in [-0.2, 0) is 25.4 Å². The number of benzene rings is 3. The van der Waals surface area contributed by atoms with E-state index in [1.807, 2.05) is 32.0 Å². The lowest BCUT2D eigenvalue weighted by molar-refractivity contribution is -0.112. The Morgan fingerprint density at radius 3 is 2.46 bits per heavy atom. The summed E-state index contributed by atoms with van der Waals surface area (Å²) in [6, 6.07) is 17.3. The molecular weight excluding hydrogens is 631 g/mol. The molecule has 1 N–H and O–H groups in total. The molecule has 11 nitrogen and oxygen atoms in total. The summed E-state index contributed by atoms with van der Waals surface area (Å²) in [4.78, 5) is 43.4. The van der Waals surface area contributed by atoms with Crippen molar-refractivity contribution in [3.8, 4) is 23.6 Å². The van der Waals surface area contributed by atoms with Gasteiger partial charge >= 0.3 is 11.7 Å². The van der Waals surface area contributed by atoms with E-state index < -0.39 is 17.2 Å². The van der Waals surface area contributed by atoms with Gasteiger partial charge in [-0.15, -0.1) is 0 Å². The largest absolute Gasteiger partial charge is 0.493 e. The van der Waals surface area contributed by atoms with E-state index in [2.05, 4.69) is 10.3 Å². The van der Waals surface area contributed by atoms with Crippen LogP contribution < -0.4 is 26.0 Å². The monoisotopic (exact) mass is 658 g/mol. The van der Waals surface area contributed by atoms with Gasteiger partial charge in [-0.25, -0.2) is 4.79 Å². The van der Waals surface area contributed by atoms with E-state index in [1.54, 1.807) is 42.5 Å². The zero-order valence-electron chi connectivity index (χ0n) is 25.5. The first kappa shape index (κ1) is 32.1. The van der Waals surface area contributed by atoms with E-state index in [1.165, 1.54) is 36.4 Å². The molecule has 0 bridgehead atoms. The van der Waals surface area contributed by atoms with Gasteiger partial charge in [0.25, 0.3) is 11.5 Å². The Morgan fingerprint density at radius 1 is 1.02 bits per heavy atom. The maximum absolute atomic E-state index is 13.3. The summed E-state index contributed by atoms with van der Waals surface area (Å²) in [5.41, 5.74) is 2.65. The molecule has 0 aliphatic rings. The topological polar surface area (TPSA) is 133 Å². The lowest BCUT2D eigenvalue weighted by Crippen LogP contribution is -2.37. The number of hydrogen-bond acceptors (Lipinski definition) is 7. The van der Waals surface area contributed by atoms with Gasteiger partial charge in [0, 0.05) is 29.8 Å². The van der Waals surface area contributed by atoms with Gasteiger partial charge in [-0.2, -0.15) is 10.2 Å². The van der Waals surface area contributed by atoms with Gasteiger partial charge in [-0.1, -0.05) is 53.0 Å². The van der Waals surface area contributed by atoms with Crippen LogP contribution in [0.1, 0.15) is 22.3 Å². The van der Waals surface area contributed by atoms with E-state index in [-0.39, 0.29) is 40.8 Å². The van der Waals surface area contributed by atoms with Gasteiger partial charge in [-0.3, -0.25) is 23.3 Å². The second kappa shape index (κ2) is 13.0. The number of fused-ring (bicyclic) bond motifs is 1. The summed E-state index contributed by atoms with van der Waals surface area (Å²) in [5, 5.41) is 13.3. The van der Waals surface area contributed by atoms with Gasteiger partial charge < -0.3 is 14.8 Å². The number of ether oxygens (including phenoxy) is 2.